The Balaban J connectivity index is 4.20. The quantitative estimate of drug-likeness (QED) is 0.198. The largest absolute Gasteiger partial charge is 0.360 e. The topological polar surface area (TPSA) is 79.3 Å². The van der Waals surface area contributed by atoms with Crippen LogP contribution in [0, 0.1) is 0 Å². The average Bonchev–Trinajstić information content (AvgIpc) is 2.70. The maximum Gasteiger partial charge on any atom is 0.187 e. The summed E-state index contributed by atoms with van der Waals surface area (Å²) in [6.07, 6.45) is 0. The van der Waals surface area contributed by atoms with Gasteiger partial charge >= 0.3 is 0 Å². The number of likely N-dealkylation sites (N-methyl/N-ethyl adjacent to an activating group) is 2. The standard InChI is InChI=1S/C18H38N8S2/c1-7-25(8-2)13-11-19-17(27)23-21-15(5)16(6)22-24-18(28)20-12-14-26(9-3)10-4/h7-14H2,1-6H3,(H2,19,23,27)(H2,20,24,28). The zero-order chi connectivity index (χ0) is 21.4. The summed E-state index contributed by atoms with van der Waals surface area (Å²) in [6.45, 7) is 19.9. The molecule has 0 heterocycles. The second kappa shape index (κ2) is 16.6. The molecule has 0 rings (SSSR count). The van der Waals surface area contributed by atoms with Crippen LogP contribution in [0.1, 0.15) is 41.5 Å². The van der Waals surface area contributed by atoms with Crippen molar-refractivity contribution < 1.29 is 0 Å². The van der Waals surface area contributed by atoms with Crippen molar-refractivity contribution in [3.63, 3.8) is 0 Å². The second-order valence-electron chi connectivity index (χ2n) is 6.18. The van der Waals surface area contributed by atoms with Crippen molar-refractivity contribution in [1.29, 1.82) is 0 Å². The molecule has 0 radical (unpaired) electrons. The summed E-state index contributed by atoms with van der Waals surface area (Å²) in [4.78, 5) is 4.65. The van der Waals surface area contributed by atoms with Gasteiger partial charge in [0.2, 0.25) is 0 Å². The molecule has 0 aromatic rings. The minimum Gasteiger partial charge on any atom is -0.360 e. The first-order chi connectivity index (χ1) is 13.4. The zero-order valence-corrected chi connectivity index (χ0v) is 19.9. The fourth-order valence-corrected chi connectivity index (χ4v) is 2.54. The van der Waals surface area contributed by atoms with Gasteiger partial charge in [0.05, 0.1) is 11.4 Å². The Kier molecular flexibility index (Phi) is 15.8. The van der Waals surface area contributed by atoms with Gasteiger partial charge in [0.1, 0.15) is 0 Å². The van der Waals surface area contributed by atoms with Crippen LogP contribution in [0.3, 0.4) is 0 Å². The van der Waals surface area contributed by atoms with Crippen LogP contribution in [0.4, 0.5) is 0 Å². The molecule has 0 aliphatic rings. The van der Waals surface area contributed by atoms with Crippen LogP contribution in [0.25, 0.3) is 0 Å². The van der Waals surface area contributed by atoms with E-state index >= 15 is 0 Å². The third kappa shape index (κ3) is 12.9. The van der Waals surface area contributed by atoms with E-state index in [0.717, 1.165) is 63.8 Å². The Labute approximate surface area is 181 Å². The van der Waals surface area contributed by atoms with Crippen molar-refractivity contribution in [3.05, 3.63) is 0 Å². The van der Waals surface area contributed by atoms with Gasteiger partial charge in [-0.15, -0.1) is 0 Å². The fourth-order valence-electron chi connectivity index (χ4n) is 2.24. The number of rotatable bonds is 13. The van der Waals surface area contributed by atoms with Crippen molar-refractivity contribution in [2.45, 2.75) is 41.5 Å². The highest BCUT2D eigenvalue weighted by molar-refractivity contribution is 7.80. The highest BCUT2D eigenvalue weighted by atomic mass is 32.1. The number of hydrogen-bond donors (Lipinski definition) is 4. The van der Waals surface area contributed by atoms with Crippen LogP contribution in [0.15, 0.2) is 10.2 Å². The fraction of sp³-hybridized carbons (Fsp3) is 0.778. The maximum absolute atomic E-state index is 5.24. The SMILES string of the molecule is CCN(CC)CCNC(=S)NN=C(C)C(C)=NNC(=S)NCCN(CC)CC. The molecule has 0 spiro atoms. The first kappa shape index (κ1) is 26.6. The van der Waals surface area contributed by atoms with Gasteiger partial charge in [-0.3, -0.25) is 10.9 Å². The molecule has 0 amide bonds. The lowest BCUT2D eigenvalue weighted by Crippen LogP contribution is -2.39. The Bertz CT molecular complexity index is 468. The summed E-state index contributed by atoms with van der Waals surface area (Å²) >= 11 is 10.5. The molecule has 0 aromatic heterocycles. The van der Waals surface area contributed by atoms with Gasteiger partial charge in [0.25, 0.3) is 0 Å². The van der Waals surface area contributed by atoms with E-state index in [2.05, 4.69) is 69.2 Å². The second-order valence-corrected chi connectivity index (χ2v) is 7.00. The molecule has 10 heteroatoms. The van der Waals surface area contributed by atoms with Gasteiger partial charge < -0.3 is 20.4 Å². The predicted molar refractivity (Wildman–Crippen MR) is 129 cm³/mol. The molecule has 0 bridgehead atoms. The number of thiocarbonyl (C=S) groups is 2. The van der Waals surface area contributed by atoms with E-state index in [-0.39, 0.29) is 0 Å². The summed E-state index contributed by atoms with van der Waals surface area (Å²) in [5, 5.41) is 15.8. The van der Waals surface area contributed by atoms with Gasteiger partial charge in [0, 0.05) is 26.2 Å². The van der Waals surface area contributed by atoms with Crippen LogP contribution in [0.5, 0.6) is 0 Å². The first-order valence-electron chi connectivity index (χ1n) is 9.99. The van der Waals surface area contributed by atoms with Crippen molar-refractivity contribution in [2.75, 3.05) is 52.4 Å². The molecule has 0 saturated carbocycles. The van der Waals surface area contributed by atoms with E-state index in [1.165, 1.54) is 0 Å². The molecule has 0 atom stereocenters. The van der Waals surface area contributed by atoms with Crippen LogP contribution in [-0.4, -0.2) is 83.8 Å². The first-order valence-corrected chi connectivity index (χ1v) is 10.8. The number of nitrogens with zero attached hydrogens (tertiary/aromatic N) is 4. The Morgan fingerprint density at radius 1 is 0.679 bits per heavy atom. The summed E-state index contributed by atoms with van der Waals surface area (Å²) in [6, 6.07) is 0. The van der Waals surface area contributed by atoms with Crippen LogP contribution in [-0.2, 0) is 0 Å². The van der Waals surface area contributed by atoms with Crippen LogP contribution in [0.2, 0.25) is 0 Å². The van der Waals surface area contributed by atoms with Crippen molar-refractivity contribution in [2.24, 2.45) is 10.2 Å². The molecular formula is C18H38N8S2. The summed E-state index contributed by atoms with van der Waals surface area (Å²) in [5.74, 6) is 0. The molecular weight excluding hydrogens is 392 g/mol. The van der Waals surface area contributed by atoms with Gasteiger partial charge in [0.15, 0.2) is 10.2 Å². The molecule has 28 heavy (non-hydrogen) atoms. The van der Waals surface area contributed by atoms with Gasteiger partial charge in [-0.1, -0.05) is 27.7 Å². The lowest BCUT2D eigenvalue weighted by Gasteiger charge is -2.18. The van der Waals surface area contributed by atoms with Gasteiger partial charge in [-0.2, -0.15) is 10.2 Å². The highest BCUT2D eigenvalue weighted by Crippen LogP contribution is 1.86. The Morgan fingerprint density at radius 3 is 1.29 bits per heavy atom. The normalized spacial score (nSPS) is 12.3. The average molecular weight is 431 g/mol. The third-order valence-corrected chi connectivity index (χ3v) is 4.86. The van der Waals surface area contributed by atoms with E-state index in [1.54, 1.807) is 0 Å². The van der Waals surface area contributed by atoms with E-state index < -0.39 is 0 Å². The maximum atomic E-state index is 5.24. The van der Waals surface area contributed by atoms with Crippen molar-refractivity contribution in [3.8, 4) is 0 Å². The molecule has 0 aromatic carbocycles. The molecule has 0 aliphatic heterocycles. The predicted octanol–water partition coefficient (Wildman–Crippen LogP) is 1.35. The molecule has 0 saturated heterocycles. The molecule has 162 valence electrons. The molecule has 0 fully saturated rings. The summed E-state index contributed by atoms with van der Waals surface area (Å²) in [7, 11) is 0. The summed E-state index contributed by atoms with van der Waals surface area (Å²) < 4.78 is 0. The highest BCUT2D eigenvalue weighted by Gasteiger charge is 2.02. The van der Waals surface area contributed by atoms with Crippen LogP contribution >= 0.6 is 24.4 Å². The molecule has 8 nitrogen and oxygen atoms in total. The van der Waals surface area contributed by atoms with Crippen molar-refractivity contribution >= 4 is 46.1 Å². The minimum atomic E-state index is 0.501. The lowest BCUT2D eigenvalue weighted by molar-refractivity contribution is 0.308. The van der Waals surface area contributed by atoms with E-state index in [1.807, 2.05) is 13.8 Å². The summed E-state index contributed by atoms with van der Waals surface area (Å²) in [5.41, 5.74) is 7.15. The van der Waals surface area contributed by atoms with Gasteiger partial charge in [-0.25, -0.2) is 0 Å². The lowest BCUT2D eigenvalue weighted by atomic mass is 10.3. The number of hydrogen-bond acceptors (Lipinski definition) is 6. The van der Waals surface area contributed by atoms with E-state index in [9.17, 15) is 0 Å². The van der Waals surface area contributed by atoms with E-state index in [4.69, 9.17) is 24.4 Å². The van der Waals surface area contributed by atoms with Crippen LogP contribution < -0.4 is 21.5 Å². The zero-order valence-electron chi connectivity index (χ0n) is 18.3. The minimum absolute atomic E-state index is 0.501. The van der Waals surface area contributed by atoms with Gasteiger partial charge in [-0.05, 0) is 64.5 Å². The Hall–Kier alpha value is -1.36. The van der Waals surface area contributed by atoms with Crippen molar-refractivity contribution in [1.82, 2.24) is 31.3 Å². The van der Waals surface area contributed by atoms with E-state index in [0.29, 0.717) is 10.2 Å². The Morgan fingerprint density at radius 2 is 1.00 bits per heavy atom. The molecule has 0 aliphatic carbocycles. The molecule has 0 unspecified atom stereocenters. The monoisotopic (exact) mass is 430 g/mol. The molecule has 4 N–H and O–H groups in total. The smallest absolute Gasteiger partial charge is 0.187 e. The number of hydrazone groups is 2. The number of nitrogens with one attached hydrogen (secondary N) is 4. The third-order valence-electron chi connectivity index (χ3n) is 4.39.